The number of fused-ring (bicyclic) bond motifs is 1. The molecule has 0 spiro atoms. The summed E-state index contributed by atoms with van der Waals surface area (Å²) in [6.07, 6.45) is 0.113. The Morgan fingerprint density at radius 3 is 2.53 bits per heavy atom. The summed E-state index contributed by atoms with van der Waals surface area (Å²) in [6, 6.07) is 13.5. The summed E-state index contributed by atoms with van der Waals surface area (Å²) in [5.41, 5.74) is 6.80. The molecule has 0 saturated heterocycles. The van der Waals surface area contributed by atoms with E-state index in [1.807, 2.05) is 42.5 Å². The molecular formula is C22H22N2O5S. The molecule has 0 radical (unpaired) electrons. The quantitative estimate of drug-likeness (QED) is 0.424. The smallest absolute Gasteiger partial charge is 0.341 e. The Morgan fingerprint density at radius 1 is 1.07 bits per heavy atom. The van der Waals surface area contributed by atoms with Gasteiger partial charge in [0, 0.05) is 7.11 Å². The second-order valence-corrected chi connectivity index (χ2v) is 7.64. The number of amides is 2. The number of carbonyl (C=O) groups excluding carboxylic acids is 3. The van der Waals surface area contributed by atoms with Crippen LogP contribution < -0.4 is 11.1 Å². The Kier molecular flexibility index (Phi) is 6.81. The number of hydrogen-bond donors (Lipinski definition) is 2. The number of ether oxygens (including phenoxy) is 2. The van der Waals surface area contributed by atoms with Crippen LogP contribution in [0, 0.1) is 6.92 Å². The predicted molar refractivity (Wildman–Crippen MR) is 116 cm³/mol. The van der Waals surface area contributed by atoms with Gasteiger partial charge in [-0.05, 0) is 28.8 Å². The highest BCUT2D eigenvalue weighted by Gasteiger charge is 2.26. The first-order valence-corrected chi connectivity index (χ1v) is 10.1. The van der Waals surface area contributed by atoms with Crippen LogP contribution in [-0.2, 0) is 20.7 Å². The van der Waals surface area contributed by atoms with Crippen molar-refractivity contribution >= 4 is 44.9 Å². The third-order valence-electron chi connectivity index (χ3n) is 4.58. The third kappa shape index (κ3) is 4.67. The molecule has 0 aliphatic heterocycles. The highest BCUT2D eigenvalue weighted by atomic mass is 32.1. The van der Waals surface area contributed by atoms with Gasteiger partial charge in [0.25, 0.3) is 5.91 Å². The second kappa shape index (κ2) is 9.51. The molecular weight excluding hydrogens is 404 g/mol. The van der Waals surface area contributed by atoms with Crippen molar-refractivity contribution in [2.75, 3.05) is 25.6 Å². The maximum Gasteiger partial charge on any atom is 0.341 e. The lowest BCUT2D eigenvalue weighted by Gasteiger charge is -2.09. The van der Waals surface area contributed by atoms with Crippen molar-refractivity contribution in [3.8, 4) is 0 Å². The van der Waals surface area contributed by atoms with Crippen LogP contribution in [0.4, 0.5) is 5.00 Å². The Labute approximate surface area is 177 Å². The van der Waals surface area contributed by atoms with E-state index in [0.717, 1.165) is 27.7 Å². The molecule has 30 heavy (non-hydrogen) atoms. The number of carbonyl (C=O) groups is 3. The summed E-state index contributed by atoms with van der Waals surface area (Å²) >= 11 is 0.966. The zero-order chi connectivity index (χ0) is 21.7. The Morgan fingerprint density at radius 2 is 1.80 bits per heavy atom. The topological polar surface area (TPSA) is 108 Å². The van der Waals surface area contributed by atoms with E-state index in [-0.39, 0.29) is 41.0 Å². The predicted octanol–water partition coefficient (Wildman–Crippen LogP) is 3.29. The summed E-state index contributed by atoms with van der Waals surface area (Å²) in [7, 11) is 1.49. The molecule has 2 aromatic carbocycles. The first-order valence-electron chi connectivity index (χ1n) is 9.28. The number of hydrogen-bond acceptors (Lipinski definition) is 6. The maximum atomic E-state index is 12.8. The minimum atomic E-state index is -0.669. The molecule has 2 amide bonds. The van der Waals surface area contributed by atoms with Crippen molar-refractivity contribution in [3.05, 3.63) is 64.0 Å². The molecule has 0 aliphatic rings. The van der Waals surface area contributed by atoms with Crippen LogP contribution >= 0.6 is 11.3 Å². The number of anilines is 1. The number of rotatable bonds is 8. The molecule has 8 heteroatoms. The summed E-state index contributed by atoms with van der Waals surface area (Å²) in [5.74, 6) is -1.62. The van der Waals surface area contributed by atoms with Gasteiger partial charge in [-0.15, -0.1) is 11.3 Å². The molecule has 0 aliphatic carbocycles. The molecule has 0 unspecified atom stereocenters. The molecule has 0 fully saturated rings. The van der Waals surface area contributed by atoms with E-state index in [1.165, 1.54) is 7.11 Å². The molecule has 3 N–H and O–H groups in total. The van der Waals surface area contributed by atoms with E-state index in [0.29, 0.717) is 5.56 Å². The SMILES string of the molecule is COCCOC(=O)c1c(NC(=O)Cc2cccc3ccccc23)sc(C(N)=O)c1C. The van der Waals surface area contributed by atoms with E-state index in [9.17, 15) is 14.4 Å². The highest BCUT2D eigenvalue weighted by molar-refractivity contribution is 7.18. The summed E-state index contributed by atoms with van der Waals surface area (Å²) in [6.45, 7) is 1.89. The van der Waals surface area contributed by atoms with Crippen LogP contribution in [0.5, 0.6) is 0 Å². The lowest BCUT2D eigenvalue weighted by atomic mass is 10.0. The van der Waals surface area contributed by atoms with E-state index >= 15 is 0 Å². The third-order valence-corrected chi connectivity index (χ3v) is 5.80. The minimum Gasteiger partial charge on any atom is -0.460 e. The number of thiophene rings is 1. The van der Waals surface area contributed by atoms with Crippen LogP contribution in [0.2, 0.25) is 0 Å². The van der Waals surface area contributed by atoms with Gasteiger partial charge < -0.3 is 20.5 Å². The molecule has 1 aromatic heterocycles. The highest BCUT2D eigenvalue weighted by Crippen LogP contribution is 2.33. The van der Waals surface area contributed by atoms with Gasteiger partial charge in [0.2, 0.25) is 5.91 Å². The summed E-state index contributed by atoms with van der Waals surface area (Å²) in [5, 5.41) is 5.01. The summed E-state index contributed by atoms with van der Waals surface area (Å²) in [4.78, 5) is 37.2. The first kappa shape index (κ1) is 21.5. The molecule has 3 aromatic rings. The molecule has 3 rings (SSSR count). The fourth-order valence-corrected chi connectivity index (χ4v) is 4.23. The molecule has 0 atom stereocenters. The van der Waals surface area contributed by atoms with Crippen LogP contribution in [0.15, 0.2) is 42.5 Å². The minimum absolute atomic E-state index is 0.0555. The zero-order valence-electron chi connectivity index (χ0n) is 16.7. The van der Waals surface area contributed by atoms with Crippen LogP contribution in [0.25, 0.3) is 10.8 Å². The van der Waals surface area contributed by atoms with Gasteiger partial charge in [-0.1, -0.05) is 42.5 Å². The number of nitrogens with two attached hydrogens (primary N) is 1. The lowest BCUT2D eigenvalue weighted by Crippen LogP contribution is -2.17. The normalized spacial score (nSPS) is 10.7. The van der Waals surface area contributed by atoms with Crippen molar-refractivity contribution in [2.24, 2.45) is 5.73 Å². The average molecular weight is 426 g/mol. The standard InChI is InChI=1S/C22H22N2O5S/c1-13-18(22(27)29-11-10-28-2)21(30-19(13)20(23)26)24-17(25)12-15-8-5-7-14-6-3-4-9-16(14)15/h3-9H,10-12H2,1-2H3,(H2,23,26)(H,24,25). The van der Waals surface area contributed by atoms with Crippen molar-refractivity contribution in [1.82, 2.24) is 0 Å². The number of esters is 1. The fourth-order valence-electron chi connectivity index (χ4n) is 3.16. The van der Waals surface area contributed by atoms with Gasteiger partial charge in [0.15, 0.2) is 0 Å². The Hall–Kier alpha value is -3.23. The van der Waals surface area contributed by atoms with Crippen molar-refractivity contribution < 1.29 is 23.9 Å². The molecule has 1 heterocycles. The van der Waals surface area contributed by atoms with Gasteiger partial charge in [-0.3, -0.25) is 9.59 Å². The van der Waals surface area contributed by atoms with Gasteiger partial charge in [0.1, 0.15) is 11.6 Å². The van der Waals surface area contributed by atoms with E-state index in [4.69, 9.17) is 15.2 Å². The van der Waals surface area contributed by atoms with E-state index in [1.54, 1.807) is 6.92 Å². The van der Waals surface area contributed by atoms with Crippen molar-refractivity contribution in [2.45, 2.75) is 13.3 Å². The monoisotopic (exact) mass is 426 g/mol. The molecule has 0 saturated carbocycles. The van der Waals surface area contributed by atoms with E-state index < -0.39 is 11.9 Å². The van der Waals surface area contributed by atoms with Gasteiger partial charge in [-0.2, -0.15) is 0 Å². The number of nitrogens with one attached hydrogen (secondary N) is 1. The number of benzene rings is 2. The number of methoxy groups -OCH3 is 1. The van der Waals surface area contributed by atoms with Crippen LogP contribution in [0.1, 0.15) is 31.2 Å². The zero-order valence-corrected chi connectivity index (χ0v) is 17.5. The maximum absolute atomic E-state index is 12.8. The van der Waals surface area contributed by atoms with Crippen molar-refractivity contribution in [3.63, 3.8) is 0 Å². The Balaban J connectivity index is 1.85. The molecule has 7 nitrogen and oxygen atoms in total. The summed E-state index contributed by atoms with van der Waals surface area (Å²) < 4.78 is 10.1. The Bertz CT molecular complexity index is 1100. The van der Waals surface area contributed by atoms with Gasteiger partial charge in [-0.25, -0.2) is 4.79 Å². The van der Waals surface area contributed by atoms with Gasteiger partial charge in [0.05, 0.1) is 23.5 Å². The van der Waals surface area contributed by atoms with Crippen LogP contribution in [-0.4, -0.2) is 38.1 Å². The van der Waals surface area contributed by atoms with Crippen LogP contribution in [0.3, 0.4) is 0 Å². The number of primary amides is 1. The molecule has 156 valence electrons. The van der Waals surface area contributed by atoms with Crippen molar-refractivity contribution in [1.29, 1.82) is 0 Å². The fraction of sp³-hybridized carbons (Fsp3) is 0.227. The van der Waals surface area contributed by atoms with Gasteiger partial charge >= 0.3 is 5.97 Å². The average Bonchev–Trinajstić information content (AvgIpc) is 3.04. The largest absolute Gasteiger partial charge is 0.460 e. The second-order valence-electron chi connectivity index (χ2n) is 6.62. The molecule has 0 bridgehead atoms. The van der Waals surface area contributed by atoms with E-state index in [2.05, 4.69) is 5.32 Å². The lowest BCUT2D eigenvalue weighted by molar-refractivity contribution is -0.115. The first-order chi connectivity index (χ1) is 14.4.